The standard InChI is InChI=1S/C12H18O3S/c1-9(2)8-11-4-6-12(7-5-11)10(3)16(13,14)15/h4-7,9-10H,8H2,1-3H3,(H,13,14,15)/t10-/m0/s1. The summed E-state index contributed by atoms with van der Waals surface area (Å²) in [5.41, 5.74) is 1.80. The fraction of sp³-hybridized carbons (Fsp3) is 0.500. The van der Waals surface area contributed by atoms with Crippen LogP contribution in [-0.2, 0) is 16.5 Å². The molecule has 0 aromatic heterocycles. The summed E-state index contributed by atoms with van der Waals surface area (Å²) in [6, 6.07) is 7.35. The molecule has 0 bridgehead atoms. The Balaban J connectivity index is 2.87. The average Bonchev–Trinajstić information content (AvgIpc) is 2.15. The molecule has 1 N–H and O–H groups in total. The van der Waals surface area contributed by atoms with Gasteiger partial charge in [0.1, 0.15) is 5.25 Å². The van der Waals surface area contributed by atoms with E-state index in [2.05, 4.69) is 13.8 Å². The second-order valence-electron chi connectivity index (χ2n) is 4.50. The average molecular weight is 242 g/mol. The molecule has 0 amide bonds. The molecular weight excluding hydrogens is 224 g/mol. The molecule has 0 heterocycles. The third-order valence-corrected chi connectivity index (χ3v) is 3.71. The molecule has 0 saturated carbocycles. The van der Waals surface area contributed by atoms with E-state index < -0.39 is 15.4 Å². The summed E-state index contributed by atoms with van der Waals surface area (Å²) in [6.45, 7) is 5.75. The molecule has 1 aromatic rings. The topological polar surface area (TPSA) is 54.4 Å². The normalized spacial score (nSPS) is 14.1. The fourth-order valence-corrected chi connectivity index (χ4v) is 2.07. The van der Waals surface area contributed by atoms with Crippen LogP contribution in [0.3, 0.4) is 0 Å². The van der Waals surface area contributed by atoms with Gasteiger partial charge in [-0.15, -0.1) is 0 Å². The Labute approximate surface area is 97.2 Å². The maximum atomic E-state index is 10.9. The minimum absolute atomic E-state index is 0.574. The van der Waals surface area contributed by atoms with E-state index in [9.17, 15) is 8.42 Å². The first-order chi connectivity index (χ1) is 7.30. The SMILES string of the molecule is CC(C)Cc1ccc([C@H](C)S(=O)(=O)O)cc1. The molecule has 16 heavy (non-hydrogen) atoms. The summed E-state index contributed by atoms with van der Waals surface area (Å²) < 4.78 is 30.8. The van der Waals surface area contributed by atoms with Gasteiger partial charge in [0.25, 0.3) is 10.1 Å². The Morgan fingerprint density at radius 3 is 2.00 bits per heavy atom. The van der Waals surface area contributed by atoms with Crippen LogP contribution < -0.4 is 0 Å². The lowest BCUT2D eigenvalue weighted by molar-refractivity contribution is 0.472. The summed E-state index contributed by atoms with van der Waals surface area (Å²) in [5.74, 6) is 0.574. The molecule has 1 aromatic carbocycles. The summed E-state index contributed by atoms with van der Waals surface area (Å²) in [7, 11) is -3.99. The number of rotatable bonds is 4. The van der Waals surface area contributed by atoms with Gasteiger partial charge in [-0.1, -0.05) is 38.1 Å². The van der Waals surface area contributed by atoms with Crippen molar-refractivity contribution >= 4 is 10.1 Å². The van der Waals surface area contributed by atoms with Gasteiger partial charge >= 0.3 is 0 Å². The molecule has 0 aliphatic heterocycles. The van der Waals surface area contributed by atoms with Crippen LogP contribution >= 0.6 is 0 Å². The van der Waals surface area contributed by atoms with E-state index in [1.54, 1.807) is 12.1 Å². The summed E-state index contributed by atoms with van der Waals surface area (Å²) in [6.07, 6.45) is 0.973. The summed E-state index contributed by atoms with van der Waals surface area (Å²) in [5, 5.41) is -0.861. The lowest BCUT2D eigenvalue weighted by Crippen LogP contribution is -2.08. The molecule has 0 aliphatic rings. The molecule has 0 aliphatic carbocycles. The predicted molar refractivity (Wildman–Crippen MR) is 64.9 cm³/mol. The second kappa shape index (κ2) is 4.97. The monoisotopic (exact) mass is 242 g/mol. The minimum atomic E-state index is -3.99. The predicted octanol–water partition coefficient (Wildman–Crippen LogP) is 2.83. The third-order valence-electron chi connectivity index (χ3n) is 2.54. The molecular formula is C12H18O3S. The van der Waals surface area contributed by atoms with Gasteiger partial charge in [0, 0.05) is 0 Å². The first-order valence-corrected chi connectivity index (χ1v) is 6.86. The molecule has 3 nitrogen and oxygen atoms in total. The van der Waals surface area contributed by atoms with Crippen molar-refractivity contribution in [3.63, 3.8) is 0 Å². The Kier molecular flexibility index (Phi) is 4.10. The van der Waals surface area contributed by atoms with Gasteiger partial charge in [-0.3, -0.25) is 4.55 Å². The molecule has 0 unspecified atom stereocenters. The summed E-state index contributed by atoms with van der Waals surface area (Å²) in [4.78, 5) is 0. The van der Waals surface area contributed by atoms with Crippen molar-refractivity contribution < 1.29 is 13.0 Å². The molecule has 0 spiro atoms. The van der Waals surface area contributed by atoms with Gasteiger partial charge in [-0.2, -0.15) is 8.42 Å². The summed E-state index contributed by atoms with van der Waals surface area (Å²) >= 11 is 0. The lowest BCUT2D eigenvalue weighted by Gasteiger charge is -2.10. The Morgan fingerprint density at radius 2 is 1.62 bits per heavy atom. The first kappa shape index (κ1) is 13.2. The highest BCUT2D eigenvalue weighted by Crippen LogP contribution is 2.21. The van der Waals surface area contributed by atoms with Gasteiger partial charge in [0.15, 0.2) is 0 Å². The minimum Gasteiger partial charge on any atom is -0.285 e. The van der Waals surface area contributed by atoms with Gasteiger partial charge < -0.3 is 0 Å². The Morgan fingerprint density at radius 1 is 1.12 bits per heavy atom. The fourth-order valence-electron chi connectivity index (χ4n) is 1.57. The van der Waals surface area contributed by atoms with Gasteiger partial charge in [0.2, 0.25) is 0 Å². The molecule has 1 rings (SSSR count). The maximum absolute atomic E-state index is 10.9. The van der Waals surface area contributed by atoms with E-state index in [4.69, 9.17) is 4.55 Å². The maximum Gasteiger partial charge on any atom is 0.271 e. The van der Waals surface area contributed by atoms with E-state index in [-0.39, 0.29) is 0 Å². The largest absolute Gasteiger partial charge is 0.285 e. The van der Waals surface area contributed by atoms with Crippen molar-refractivity contribution in [2.75, 3.05) is 0 Å². The van der Waals surface area contributed by atoms with Crippen molar-refractivity contribution in [1.29, 1.82) is 0 Å². The van der Waals surface area contributed by atoms with E-state index >= 15 is 0 Å². The van der Waals surface area contributed by atoms with Crippen molar-refractivity contribution in [2.45, 2.75) is 32.4 Å². The lowest BCUT2D eigenvalue weighted by atomic mass is 10.0. The molecule has 4 heteroatoms. The van der Waals surface area contributed by atoms with E-state index in [0.717, 1.165) is 6.42 Å². The third kappa shape index (κ3) is 3.61. The number of benzene rings is 1. The zero-order chi connectivity index (χ0) is 12.3. The zero-order valence-corrected chi connectivity index (χ0v) is 10.7. The molecule has 0 saturated heterocycles. The van der Waals surface area contributed by atoms with Crippen LogP contribution in [-0.4, -0.2) is 13.0 Å². The highest BCUT2D eigenvalue weighted by atomic mass is 32.2. The van der Waals surface area contributed by atoms with E-state index in [1.807, 2.05) is 12.1 Å². The molecule has 0 fully saturated rings. The van der Waals surface area contributed by atoms with E-state index in [0.29, 0.717) is 11.5 Å². The molecule has 0 radical (unpaired) electrons. The first-order valence-electron chi connectivity index (χ1n) is 5.36. The van der Waals surface area contributed by atoms with Crippen molar-refractivity contribution in [1.82, 2.24) is 0 Å². The van der Waals surface area contributed by atoms with Gasteiger partial charge in [0.05, 0.1) is 0 Å². The van der Waals surface area contributed by atoms with Crippen molar-refractivity contribution in [2.24, 2.45) is 5.92 Å². The number of hydrogen-bond donors (Lipinski definition) is 1. The van der Waals surface area contributed by atoms with Crippen LogP contribution in [0.2, 0.25) is 0 Å². The van der Waals surface area contributed by atoms with Crippen LogP contribution in [0.1, 0.15) is 37.1 Å². The van der Waals surface area contributed by atoms with E-state index in [1.165, 1.54) is 12.5 Å². The Bertz CT molecular complexity index is 432. The highest BCUT2D eigenvalue weighted by Gasteiger charge is 2.18. The van der Waals surface area contributed by atoms with Crippen LogP contribution in [0.5, 0.6) is 0 Å². The van der Waals surface area contributed by atoms with Crippen molar-refractivity contribution in [3.05, 3.63) is 35.4 Å². The quantitative estimate of drug-likeness (QED) is 0.826. The van der Waals surface area contributed by atoms with Crippen LogP contribution in [0.15, 0.2) is 24.3 Å². The van der Waals surface area contributed by atoms with Gasteiger partial charge in [-0.05, 0) is 30.4 Å². The number of hydrogen-bond acceptors (Lipinski definition) is 2. The van der Waals surface area contributed by atoms with Crippen LogP contribution in [0, 0.1) is 5.92 Å². The molecule has 90 valence electrons. The van der Waals surface area contributed by atoms with Gasteiger partial charge in [-0.25, -0.2) is 0 Å². The Hall–Kier alpha value is -0.870. The van der Waals surface area contributed by atoms with Crippen molar-refractivity contribution in [3.8, 4) is 0 Å². The smallest absolute Gasteiger partial charge is 0.271 e. The molecule has 1 atom stereocenters. The zero-order valence-electron chi connectivity index (χ0n) is 9.84. The van der Waals surface area contributed by atoms with Crippen LogP contribution in [0.25, 0.3) is 0 Å². The highest BCUT2D eigenvalue weighted by molar-refractivity contribution is 7.86. The van der Waals surface area contributed by atoms with Crippen LogP contribution in [0.4, 0.5) is 0 Å². The second-order valence-corrected chi connectivity index (χ2v) is 6.23.